The van der Waals surface area contributed by atoms with Crippen LogP contribution in [0.4, 0.5) is 11.4 Å². The number of nitrogens with zero attached hydrogens (tertiary/aromatic N) is 6. The molecule has 0 amide bonds. The van der Waals surface area contributed by atoms with Gasteiger partial charge in [-0.3, -0.25) is 9.36 Å². The molecule has 2 aliphatic rings. The van der Waals surface area contributed by atoms with E-state index in [9.17, 15) is 9.59 Å². The van der Waals surface area contributed by atoms with Crippen LogP contribution >= 0.6 is 0 Å². The molecule has 4 atom stereocenters. The molecule has 4 heterocycles. The zero-order valence-electron chi connectivity index (χ0n) is 39.6. The highest BCUT2D eigenvalue weighted by atomic mass is 16.5. The number of carboxylic acid groups (broad SMARTS) is 1. The first-order valence-corrected chi connectivity index (χ1v) is 23.3. The number of carbonyl (C=O) groups is 2. The molecule has 10 rings (SSSR count). The molecule has 69 heavy (non-hydrogen) atoms. The van der Waals surface area contributed by atoms with Crippen molar-refractivity contribution in [3.63, 3.8) is 0 Å². The Morgan fingerprint density at radius 2 is 0.986 bits per heavy atom. The second-order valence-corrected chi connectivity index (χ2v) is 17.9. The number of carboxylic acids is 1. The van der Waals surface area contributed by atoms with Gasteiger partial charge in [0.2, 0.25) is 0 Å². The maximum absolute atomic E-state index is 11.5. The summed E-state index contributed by atoms with van der Waals surface area (Å²) >= 11 is 0. The van der Waals surface area contributed by atoms with Crippen molar-refractivity contribution in [1.29, 1.82) is 0 Å². The Morgan fingerprint density at radius 1 is 0.565 bits per heavy atom. The standard InChI is InChI=1S/C30H29N3O2.C29H27N3O2/c1-21-17-25-18-24(26-19-31-32(2)20-26)14-15-28(25)30(33(21)27-7-5-4-6-8-27)23-12-9-22(10-13-23)11-16-29(34)35-3;1-20-16-24-17-23(25-18-30-31(2)19-25)13-14-27(24)29(32(20)26-6-4-3-5-7-26)22-11-8-21(9-12-22)10-15-28(33)34/h4-16,18-21,30H,17H2,1-3H3;3-15,17-20,29H,16H2,1-2H3,(H,33,34)/b16-11+;15-10+/t21-,30-;20-,29-/m11/s1. The molecular formula is C59H56N6O4. The molecule has 0 aliphatic carbocycles. The summed E-state index contributed by atoms with van der Waals surface area (Å²) in [6.45, 7) is 4.58. The van der Waals surface area contributed by atoms with Crippen LogP contribution in [-0.2, 0) is 41.3 Å². The number of para-hydroxylation sites is 2. The number of carbonyl (C=O) groups excluding carboxylic acids is 1. The molecule has 0 saturated heterocycles. The molecule has 10 nitrogen and oxygen atoms in total. The van der Waals surface area contributed by atoms with Gasteiger partial charge in [-0.1, -0.05) is 121 Å². The lowest BCUT2D eigenvalue weighted by molar-refractivity contribution is -0.135. The van der Waals surface area contributed by atoms with Crippen LogP contribution in [-0.4, -0.2) is 55.8 Å². The van der Waals surface area contributed by atoms with Gasteiger partial charge < -0.3 is 19.6 Å². The number of hydrogen-bond acceptors (Lipinski definition) is 7. The predicted octanol–water partition coefficient (Wildman–Crippen LogP) is 11.5. The molecule has 0 bridgehead atoms. The van der Waals surface area contributed by atoms with Crippen LogP contribution in [0.25, 0.3) is 34.4 Å². The van der Waals surface area contributed by atoms with Crippen LogP contribution in [0.15, 0.2) is 183 Å². The van der Waals surface area contributed by atoms with Gasteiger partial charge in [-0.25, -0.2) is 9.59 Å². The molecule has 0 unspecified atom stereocenters. The fourth-order valence-electron chi connectivity index (χ4n) is 9.91. The molecule has 2 aliphatic heterocycles. The van der Waals surface area contributed by atoms with E-state index in [0.717, 1.165) is 35.1 Å². The Morgan fingerprint density at radius 3 is 1.36 bits per heavy atom. The minimum atomic E-state index is -0.946. The van der Waals surface area contributed by atoms with Gasteiger partial charge in [0.15, 0.2) is 0 Å². The SMILES string of the molecule is COC(=O)/C=C/c1ccc([C@@H]2c3ccc(-c4cnn(C)c4)cc3C[C@@H](C)N2c2ccccc2)cc1.C[C@@H]1Cc2cc(-c3cnn(C)c3)ccc2[C@@H](c2ccc(/C=C/C(=O)O)cc2)N1c1ccccc1. The molecule has 10 heteroatoms. The Bertz CT molecular complexity index is 3120. The second-order valence-electron chi connectivity index (χ2n) is 17.9. The summed E-state index contributed by atoms with van der Waals surface area (Å²) in [5.41, 5.74) is 16.6. The number of aliphatic carboxylic acids is 1. The zero-order valence-corrected chi connectivity index (χ0v) is 39.6. The van der Waals surface area contributed by atoms with Crippen molar-refractivity contribution in [2.75, 3.05) is 16.9 Å². The molecule has 0 saturated carbocycles. The summed E-state index contributed by atoms with van der Waals surface area (Å²) in [5.74, 6) is -1.30. The van der Waals surface area contributed by atoms with Crippen molar-refractivity contribution in [1.82, 2.24) is 19.6 Å². The lowest BCUT2D eigenvalue weighted by Crippen LogP contribution is -2.42. The van der Waals surface area contributed by atoms with Crippen LogP contribution < -0.4 is 9.80 Å². The number of ether oxygens (including phenoxy) is 1. The third-order valence-corrected chi connectivity index (χ3v) is 13.1. The summed E-state index contributed by atoms with van der Waals surface area (Å²) in [6, 6.07) is 52.1. The van der Waals surface area contributed by atoms with Gasteiger partial charge in [0, 0.05) is 73.2 Å². The fraction of sp³-hybridized carbons (Fsp3) is 0.186. The average molecular weight is 913 g/mol. The maximum Gasteiger partial charge on any atom is 0.330 e. The highest BCUT2D eigenvalue weighted by molar-refractivity contribution is 5.87. The first-order valence-electron chi connectivity index (χ1n) is 23.3. The third-order valence-electron chi connectivity index (χ3n) is 13.1. The first kappa shape index (κ1) is 45.9. The van der Waals surface area contributed by atoms with Crippen molar-refractivity contribution in [2.45, 2.75) is 50.9 Å². The third kappa shape index (κ3) is 10.2. The second kappa shape index (κ2) is 20.3. The number of aromatic nitrogens is 4. The molecule has 2 aromatic heterocycles. The van der Waals surface area contributed by atoms with Crippen LogP contribution in [0.1, 0.15) is 70.4 Å². The molecule has 1 N–H and O–H groups in total. The molecule has 0 fully saturated rings. The topological polar surface area (TPSA) is 106 Å². The van der Waals surface area contributed by atoms with Crippen LogP contribution in [0, 0.1) is 0 Å². The van der Waals surface area contributed by atoms with E-state index in [0.29, 0.717) is 12.1 Å². The largest absolute Gasteiger partial charge is 0.478 e. The van der Waals surface area contributed by atoms with E-state index in [-0.39, 0.29) is 18.1 Å². The number of fused-ring (bicyclic) bond motifs is 2. The molecule has 0 radical (unpaired) electrons. The number of benzene rings is 6. The maximum atomic E-state index is 11.5. The average Bonchev–Trinajstić information content (AvgIpc) is 4.02. The van der Waals surface area contributed by atoms with Crippen molar-refractivity contribution < 1.29 is 19.4 Å². The zero-order chi connectivity index (χ0) is 48.0. The summed E-state index contributed by atoms with van der Waals surface area (Å²) in [6.07, 6.45) is 15.9. The number of esters is 1. The number of hydrogen-bond donors (Lipinski definition) is 1. The van der Waals surface area contributed by atoms with E-state index in [4.69, 9.17) is 9.84 Å². The molecule has 6 aromatic carbocycles. The Kier molecular flexibility index (Phi) is 13.5. The fourth-order valence-corrected chi connectivity index (χ4v) is 9.91. The summed E-state index contributed by atoms with van der Waals surface area (Å²) in [7, 11) is 5.27. The minimum absolute atomic E-state index is 0.0570. The van der Waals surface area contributed by atoms with Gasteiger partial charge in [-0.05, 0) is 119 Å². The van der Waals surface area contributed by atoms with Crippen molar-refractivity contribution >= 4 is 35.5 Å². The van der Waals surface area contributed by atoms with Crippen molar-refractivity contribution in [3.8, 4) is 22.3 Å². The summed E-state index contributed by atoms with van der Waals surface area (Å²) < 4.78 is 8.38. The van der Waals surface area contributed by atoms with Crippen molar-refractivity contribution in [3.05, 3.63) is 227 Å². The molecular weight excluding hydrogens is 857 g/mol. The number of anilines is 2. The van der Waals surface area contributed by atoms with Gasteiger partial charge in [-0.15, -0.1) is 0 Å². The van der Waals surface area contributed by atoms with Gasteiger partial charge in [0.1, 0.15) is 0 Å². The Labute approximate surface area is 404 Å². The van der Waals surface area contributed by atoms with Gasteiger partial charge >= 0.3 is 11.9 Å². The van der Waals surface area contributed by atoms with Crippen LogP contribution in [0.2, 0.25) is 0 Å². The lowest BCUT2D eigenvalue weighted by Gasteiger charge is -2.44. The number of rotatable bonds is 10. The summed E-state index contributed by atoms with van der Waals surface area (Å²) in [5, 5.41) is 17.6. The predicted molar refractivity (Wildman–Crippen MR) is 276 cm³/mol. The number of methoxy groups -OCH3 is 1. The van der Waals surface area contributed by atoms with E-state index in [1.54, 1.807) is 12.2 Å². The van der Waals surface area contributed by atoms with Gasteiger partial charge in [0.25, 0.3) is 0 Å². The van der Waals surface area contributed by atoms with E-state index in [1.807, 2.05) is 60.2 Å². The molecule has 0 spiro atoms. The van der Waals surface area contributed by atoms with Gasteiger partial charge in [0.05, 0.1) is 31.6 Å². The van der Waals surface area contributed by atoms with E-state index in [2.05, 4.69) is 167 Å². The normalized spacial score (nSPS) is 17.5. The van der Waals surface area contributed by atoms with E-state index < -0.39 is 5.97 Å². The monoisotopic (exact) mass is 912 g/mol. The highest BCUT2D eigenvalue weighted by Crippen LogP contribution is 2.44. The number of aryl methyl sites for hydroxylation is 2. The van der Waals surface area contributed by atoms with E-state index >= 15 is 0 Å². The minimum Gasteiger partial charge on any atom is -0.478 e. The van der Waals surface area contributed by atoms with E-state index in [1.165, 1.54) is 75.1 Å². The Hall–Kier alpha value is -8.24. The van der Waals surface area contributed by atoms with Crippen molar-refractivity contribution in [2.24, 2.45) is 14.1 Å². The van der Waals surface area contributed by atoms with Gasteiger partial charge in [-0.2, -0.15) is 10.2 Å². The first-order chi connectivity index (χ1) is 33.5. The molecule has 8 aromatic rings. The molecule has 346 valence electrons. The van der Waals surface area contributed by atoms with Crippen LogP contribution in [0.5, 0.6) is 0 Å². The lowest BCUT2D eigenvalue weighted by atomic mass is 9.83. The summed E-state index contributed by atoms with van der Waals surface area (Å²) in [4.78, 5) is 27.4. The highest BCUT2D eigenvalue weighted by Gasteiger charge is 2.35. The quantitative estimate of drug-likeness (QED) is 0.107. The van der Waals surface area contributed by atoms with Crippen LogP contribution in [0.3, 0.4) is 0 Å². The Balaban J connectivity index is 0.000000172. The smallest absolute Gasteiger partial charge is 0.330 e.